The quantitative estimate of drug-likeness (QED) is 0.818. The highest BCUT2D eigenvalue weighted by atomic mass is 19.1. The Morgan fingerprint density at radius 2 is 2.20 bits per heavy atom. The molecule has 0 spiro atoms. The van der Waals surface area contributed by atoms with Gasteiger partial charge in [0.15, 0.2) is 0 Å². The summed E-state index contributed by atoms with van der Waals surface area (Å²) in [6.07, 6.45) is 1.54. The van der Waals surface area contributed by atoms with E-state index in [4.69, 9.17) is 5.73 Å². The smallest absolute Gasteiger partial charge is 0.234 e. The molecule has 0 unspecified atom stereocenters. The molecule has 0 bridgehead atoms. The van der Waals surface area contributed by atoms with Crippen LogP contribution in [-0.4, -0.2) is 27.4 Å². The number of hydrogen-bond acceptors (Lipinski definition) is 4. The maximum atomic E-state index is 13.5. The summed E-state index contributed by atoms with van der Waals surface area (Å²) in [4.78, 5) is 11.0. The van der Waals surface area contributed by atoms with Crippen LogP contribution in [0.3, 0.4) is 0 Å². The van der Waals surface area contributed by atoms with Gasteiger partial charge in [0.1, 0.15) is 17.3 Å². The van der Waals surface area contributed by atoms with Crippen LogP contribution in [0.4, 0.5) is 8.78 Å². The first kappa shape index (κ1) is 14.1. The average Bonchev–Trinajstić information content (AvgIpc) is 2.88. The summed E-state index contributed by atoms with van der Waals surface area (Å²) in [6.45, 7) is 0.131. The van der Waals surface area contributed by atoms with Crippen LogP contribution in [0, 0.1) is 11.6 Å². The minimum atomic E-state index is -0.517. The fourth-order valence-electron chi connectivity index (χ4n) is 1.60. The van der Waals surface area contributed by atoms with E-state index >= 15 is 0 Å². The molecule has 3 N–H and O–H groups in total. The molecule has 106 valence electrons. The average molecular weight is 281 g/mol. The monoisotopic (exact) mass is 281 g/mol. The predicted molar refractivity (Wildman–Crippen MR) is 66.4 cm³/mol. The van der Waals surface area contributed by atoms with Crippen LogP contribution in [0.5, 0.6) is 0 Å². The van der Waals surface area contributed by atoms with Crippen LogP contribution in [-0.2, 0) is 17.9 Å². The molecule has 0 saturated heterocycles. The molecule has 20 heavy (non-hydrogen) atoms. The van der Waals surface area contributed by atoms with Gasteiger partial charge in [0.2, 0.25) is 5.91 Å². The molecule has 0 radical (unpaired) electrons. The van der Waals surface area contributed by atoms with Gasteiger partial charge in [-0.1, -0.05) is 5.21 Å². The first-order valence-corrected chi connectivity index (χ1v) is 5.88. The Hall–Kier alpha value is -2.35. The largest absolute Gasteiger partial charge is 0.349 e. The second-order valence-electron chi connectivity index (χ2n) is 4.12. The van der Waals surface area contributed by atoms with Crippen molar-refractivity contribution in [1.82, 2.24) is 20.3 Å². The van der Waals surface area contributed by atoms with Crippen molar-refractivity contribution in [3.8, 4) is 0 Å². The molecular formula is C12H13F2N5O. The molecule has 0 aliphatic carbocycles. The number of rotatable bonds is 5. The van der Waals surface area contributed by atoms with Crippen molar-refractivity contribution in [3.05, 3.63) is 47.3 Å². The normalized spacial score (nSPS) is 10.6. The standard InChI is InChI=1S/C12H13F2N5O/c13-9-1-2-11(14)8(3-9)6-19-7-10(17-18-19)5-16-12(20)4-15/h1-3,7H,4-6,15H2,(H,16,20). The minimum absolute atomic E-state index is 0.0570. The number of benzene rings is 1. The van der Waals surface area contributed by atoms with Crippen LogP contribution in [0.25, 0.3) is 0 Å². The van der Waals surface area contributed by atoms with Gasteiger partial charge in [-0.05, 0) is 18.2 Å². The van der Waals surface area contributed by atoms with Crippen molar-refractivity contribution >= 4 is 5.91 Å². The lowest BCUT2D eigenvalue weighted by molar-refractivity contribution is -0.119. The van der Waals surface area contributed by atoms with E-state index in [0.717, 1.165) is 18.2 Å². The summed E-state index contributed by atoms with van der Waals surface area (Å²) >= 11 is 0. The SMILES string of the molecule is NCC(=O)NCc1cn(Cc2cc(F)ccc2F)nn1. The lowest BCUT2D eigenvalue weighted by Crippen LogP contribution is -2.29. The summed E-state index contributed by atoms with van der Waals surface area (Å²) in [5, 5.41) is 10.1. The molecule has 1 aromatic carbocycles. The zero-order valence-corrected chi connectivity index (χ0v) is 10.5. The molecule has 8 heteroatoms. The Balaban J connectivity index is 2.02. The fourth-order valence-corrected chi connectivity index (χ4v) is 1.60. The Labute approximate surface area is 113 Å². The number of hydrogen-bond donors (Lipinski definition) is 2. The molecular weight excluding hydrogens is 268 g/mol. The number of carbonyl (C=O) groups is 1. The molecule has 0 fully saturated rings. The summed E-state index contributed by atoms with van der Waals surface area (Å²) in [5.41, 5.74) is 5.82. The molecule has 2 aromatic rings. The van der Waals surface area contributed by atoms with Crippen molar-refractivity contribution in [2.45, 2.75) is 13.1 Å². The van der Waals surface area contributed by atoms with Gasteiger partial charge in [-0.2, -0.15) is 0 Å². The van der Waals surface area contributed by atoms with Crippen LogP contribution in [0.15, 0.2) is 24.4 Å². The van der Waals surface area contributed by atoms with E-state index in [1.54, 1.807) is 6.20 Å². The number of nitrogens with one attached hydrogen (secondary N) is 1. The van der Waals surface area contributed by atoms with E-state index < -0.39 is 11.6 Å². The van der Waals surface area contributed by atoms with Crippen LogP contribution >= 0.6 is 0 Å². The topological polar surface area (TPSA) is 85.8 Å². The van der Waals surface area contributed by atoms with E-state index in [-0.39, 0.29) is 31.1 Å². The lowest BCUT2D eigenvalue weighted by atomic mass is 10.2. The van der Waals surface area contributed by atoms with Crippen LogP contribution < -0.4 is 11.1 Å². The van der Waals surface area contributed by atoms with E-state index in [0.29, 0.717) is 5.69 Å². The third-order valence-electron chi connectivity index (χ3n) is 2.58. The number of amides is 1. The molecule has 1 aromatic heterocycles. The highest BCUT2D eigenvalue weighted by Crippen LogP contribution is 2.11. The lowest BCUT2D eigenvalue weighted by Gasteiger charge is -2.02. The maximum Gasteiger partial charge on any atom is 0.234 e. The number of halogens is 2. The number of nitrogens with two attached hydrogens (primary N) is 1. The summed E-state index contributed by atoms with van der Waals surface area (Å²) in [7, 11) is 0. The third kappa shape index (κ3) is 3.58. The molecule has 6 nitrogen and oxygen atoms in total. The van der Waals surface area contributed by atoms with Crippen molar-refractivity contribution in [3.63, 3.8) is 0 Å². The fraction of sp³-hybridized carbons (Fsp3) is 0.250. The minimum Gasteiger partial charge on any atom is -0.349 e. The second kappa shape index (κ2) is 6.20. The van der Waals surface area contributed by atoms with Gasteiger partial charge in [-0.15, -0.1) is 5.10 Å². The van der Waals surface area contributed by atoms with Gasteiger partial charge in [-0.25, -0.2) is 13.5 Å². The third-order valence-corrected chi connectivity index (χ3v) is 2.58. The molecule has 0 saturated carbocycles. The predicted octanol–water partition coefficient (Wildman–Crippen LogP) is 0.179. The van der Waals surface area contributed by atoms with Crippen molar-refractivity contribution in [2.75, 3.05) is 6.54 Å². The zero-order chi connectivity index (χ0) is 14.5. The van der Waals surface area contributed by atoms with Gasteiger partial charge in [-0.3, -0.25) is 4.79 Å². The van der Waals surface area contributed by atoms with Gasteiger partial charge in [0.25, 0.3) is 0 Å². The second-order valence-corrected chi connectivity index (χ2v) is 4.12. The summed E-state index contributed by atoms with van der Waals surface area (Å²) in [5.74, 6) is -1.34. The van der Waals surface area contributed by atoms with E-state index in [9.17, 15) is 13.6 Å². The van der Waals surface area contributed by atoms with E-state index in [1.165, 1.54) is 4.68 Å². The zero-order valence-electron chi connectivity index (χ0n) is 10.5. The highest BCUT2D eigenvalue weighted by Gasteiger charge is 2.07. The Bertz CT molecular complexity index is 614. The van der Waals surface area contributed by atoms with Crippen molar-refractivity contribution in [2.24, 2.45) is 5.73 Å². The highest BCUT2D eigenvalue weighted by molar-refractivity contribution is 5.77. The van der Waals surface area contributed by atoms with Crippen LogP contribution in [0.2, 0.25) is 0 Å². The first-order chi connectivity index (χ1) is 9.58. The van der Waals surface area contributed by atoms with Gasteiger partial charge >= 0.3 is 0 Å². The van der Waals surface area contributed by atoms with E-state index in [2.05, 4.69) is 15.6 Å². The van der Waals surface area contributed by atoms with E-state index in [1.807, 2.05) is 0 Å². The molecule has 1 heterocycles. The molecule has 0 atom stereocenters. The van der Waals surface area contributed by atoms with Crippen LogP contribution in [0.1, 0.15) is 11.3 Å². The molecule has 0 aliphatic heterocycles. The summed E-state index contributed by atoms with van der Waals surface area (Å²) < 4.78 is 27.9. The Morgan fingerprint density at radius 3 is 2.95 bits per heavy atom. The van der Waals surface area contributed by atoms with Gasteiger partial charge < -0.3 is 11.1 Å². The number of carbonyl (C=O) groups excluding carboxylic acids is 1. The molecule has 2 rings (SSSR count). The number of nitrogens with zero attached hydrogens (tertiary/aromatic N) is 3. The Morgan fingerprint density at radius 1 is 1.40 bits per heavy atom. The Kier molecular flexibility index (Phi) is 4.36. The molecule has 0 aliphatic rings. The van der Waals surface area contributed by atoms with Crippen molar-refractivity contribution in [1.29, 1.82) is 0 Å². The van der Waals surface area contributed by atoms with Gasteiger partial charge in [0.05, 0.1) is 25.8 Å². The van der Waals surface area contributed by atoms with Crippen molar-refractivity contribution < 1.29 is 13.6 Å². The first-order valence-electron chi connectivity index (χ1n) is 5.88. The maximum absolute atomic E-state index is 13.5. The number of aromatic nitrogens is 3. The molecule has 1 amide bonds. The van der Waals surface area contributed by atoms with Gasteiger partial charge in [0, 0.05) is 5.56 Å². The summed E-state index contributed by atoms with van der Waals surface area (Å²) in [6, 6.07) is 3.21.